The minimum Gasteiger partial charge on any atom is -0.478 e. The molecule has 5 nitrogen and oxygen atoms in total. The predicted octanol–water partition coefficient (Wildman–Crippen LogP) is 3.33. The summed E-state index contributed by atoms with van der Waals surface area (Å²) in [4.78, 5) is 25.9. The summed E-state index contributed by atoms with van der Waals surface area (Å²) in [6, 6.07) is 5.55. The van der Waals surface area contributed by atoms with Gasteiger partial charge in [-0.15, -0.1) is 11.3 Å². The molecule has 0 atom stereocenters. The van der Waals surface area contributed by atoms with Crippen LogP contribution in [0, 0.1) is 6.92 Å². The molecule has 0 fully saturated rings. The Kier molecular flexibility index (Phi) is 5.38. The number of hydrogen-bond donors (Lipinski definition) is 1. The molecule has 0 aliphatic carbocycles. The maximum atomic E-state index is 12.1. The van der Waals surface area contributed by atoms with E-state index in [0.717, 1.165) is 12.8 Å². The van der Waals surface area contributed by atoms with Crippen molar-refractivity contribution in [2.24, 2.45) is 0 Å². The lowest BCUT2D eigenvalue weighted by molar-refractivity contribution is -0.130. The van der Waals surface area contributed by atoms with Crippen LogP contribution in [-0.2, 0) is 17.8 Å². The number of carboxylic acid groups (broad SMARTS) is 1. The zero-order valence-electron chi connectivity index (χ0n) is 12.7. The summed E-state index contributed by atoms with van der Waals surface area (Å²) in [5, 5.41) is 11.0. The first kappa shape index (κ1) is 16.3. The van der Waals surface area contributed by atoms with Gasteiger partial charge in [-0.3, -0.25) is 4.79 Å². The van der Waals surface area contributed by atoms with E-state index in [2.05, 4.69) is 6.07 Å². The fourth-order valence-electron chi connectivity index (χ4n) is 2.22. The van der Waals surface area contributed by atoms with E-state index in [9.17, 15) is 9.59 Å². The topological polar surface area (TPSA) is 70.8 Å². The Bertz CT molecular complexity index is 645. The van der Waals surface area contributed by atoms with Gasteiger partial charge in [-0.05, 0) is 37.3 Å². The second-order valence-electron chi connectivity index (χ2n) is 5.17. The standard InChI is InChI=1S/C16H19NO4S/c1-11-14(16(19)20)9-12(21-11)10-17(2)15(18)7-3-5-13-6-4-8-22-13/h4,6,8-9H,3,5,7,10H2,1-2H3,(H,19,20). The highest BCUT2D eigenvalue weighted by molar-refractivity contribution is 7.09. The Labute approximate surface area is 133 Å². The molecule has 2 aromatic heterocycles. The average Bonchev–Trinajstić information content (AvgIpc) is 3.08. The molecule has 2 rings (SSSR count). The number of nitrogens with zero attached hydrogens (tertiary/aromatic N) is 1. The Hall–Kier alpha value is -2.08. The lowest BCUT2D eigenvalue weighted by Crippen LogP contribution is -2.25. The van der Waals surface area contributed by atoms with Crippen molar-refractivity contribution in [3.8, 4) is 0 Å². The molecule has 0 aromatic carbocycles. The van der Waals surface area contributed by atoms with E-state index in [-0.39, 0.29) is 18.0 Å². The average molecular weight is 321 g/mol. The molecule has 0 saturated carbocycles. The quantitative estimate of drug-likeness (QED) is 0.849. The molecule has 0 saturated heterocycles. The summed E-state index contributed by atoms with van der Waals surface area (Å²) in [6.07, 6.45) is 2.18. The number of furan rings is 1. The van der Waals surface area contributed by atoms with Crippen molar-refractivity contribution in [2.45, 2.75) is 32.7 Å². The highest BCUT2D eigenvalue weighted by atomic mass is 32.1. The highest BCUT2D eigenvalue weighted by Crippen LogP contribution is 2.17. The molecule has 0 aliphatic rings. The highest BCUT2D eigenvalue weighted by Gasteiger charge is 2.16. The van der Waals surface area contributed by atoms with Crippen LogP contribution in [0.2, 0.25) is 0 Å². The first-order chi connectivity index (χ1) is 10.5. The van der Waals surface area contributed by atoms with Crippen molar-refractivity contribution in [3.05, 3.63) is 45.5 Å². The number of carbonyl (C=O) groups is 2. The van der Waals surface area contributed by atoms with Crippen molar-refractivity contribution in [1.82, 2.24) is 4.90 Å². The van der Waals surface area contributed by atoms with Gasteiger partial charge in [0.2, 0.25) is 5.91 Å². The van der Waals surface area contributed by atoms with Gasteiger partial charge >= 0.3 is 5.97 Å². The molecule has 1 N–H and O–H groups in total. The summed E-state index contributed by atoms with van der Waals surface area (Å²) in [7, 11) is 1.70. The smallest absolute Gasteiger partial charge is 0.339 e. The third kappa shape index (κ3) is 4.21. The molecule has 0 spiro atoms. The Morgan fingerprint density at radius 1 is 1.41 bits per heavy atom. The molecule has 1 amide bonds. The van der Waals surface area contributed by atoms with Crippen molar-refractivity contribution in [3.63, 3.8) is 0 Å². The van der Waals surface area contributed by atoms with Gasteiger partial charge in [-0.25, -0.2) is 4.79 Å². The van der Waals surface area contributed by atoms with Gasteiger partial charge in [0.1, 0.15) is 17.1 Å². The summed E-state index contributed by atoms with van der Waals surface area (Å²) >= 11 is 1.70. The monoisotopic (exact) mass is 321 g/mol. The molecule has 118 valence electrons. The number of thiophene rings is 1. The molecular weight excluding hydrogens is 302 g/mol. The molecule has 2 aromatic rings. The van der Waals surface area contributed by atoms with E-state index in [1.165, 1.54) is 10.9 Å². The van der Waals surface area contributed by atoms with E-state index in [1.54, 1.807) is 30.2 Å². The molecule has 0 unspecified atom stereocenters. The Morgan fingerprint density at radius 3 is 2.77 bits per heavy atom. The first-order valence-electron chi connectivity index (χ1n) is 7.06. The normalized spacial score (nSPS) is 10.6. The summed E-state index contributed by atoms with van der Waals surface area (Å²) in [5.41, 5.74) is 0.147. The fourth-order valence-corrected chi connectivity index (χ4v) is 2.97. The van der Waals surface area contributed by atoms with Gasteiger partial charge in [0.15, 0.2) is 0 Å². The van der Waals surface area contributed by atoms with Crippen molar-refractivity contribution in [1.29, 1.82) is 0 Å². The van der Waals surface area contributed by atoms with Crippen molar-refractivity contribution < 1.29 is 19.1 Å². The predicted molar refractivity (Wildman–Crippen MR) is 84.1 cm³/mol. The Balaban J connectivity index is 1.83. The van der Waals surface area contributed by atoms with Crippen LogP contribution < -0.4 is 0 Å². The number of rotatable bonds is 7. The summed E-state index contributed by atoms with van der Waals surface area (Å²) in [6.45, 7) is 1.89. The second-order valence-corrected chi connectivity index (χ2v) is 6.20. The number of carbonyl (C=O) groups excluding carboxylic acids is 1. The third-order valence-corrected chi connectivity index (χ3v) is 4.35. The zero-order chi connectivity index (χ0) is 16.1. The van der Waals surface area contributed by atoms with Crippen LogP contribution in [-0.4, -0.2) is 28.9 Å². The van der Waals surface area contributed by atoms with E-state index in [4.69, 9.17) is 9.52 Å². The van der Waals surface area contributed by atoms with Crippen molar-refractivity contribution in [2.75, 3.05) is 7.05 Å². The lowest BCUT2D eigenvalue weighted by Gasteiger charge is -2.15. The van der Waals surface area contributed by atoms with Gasteiger partial charge in [0.05, 0.1) is 6.54 Å². The van der Waals surface area contributed by atoms with Crippen LogP contribution in [0.25, 0.3) is 0 Å². The van der Waals surface area contributed by atoms with Crippen LogP contribution in [0.5, 0.6) is 0 Å². The number of hydrogen-bond acceptors (Lipinski definition) is 4. The summed E-state index contributed by atoms with van der Waals surface area (Å²) in [5.74, 6) is -0.134. The molecule has 2 heterocycles. The van der Waals surface area contributed by atoms with E-state index >= 15 is 0 Å². The number of carboxylic acids is 1. The molecule has 0 radical (unpaired) electrons. The number of aromatic carboxylic acids is 1. The van der Waals surface area contributed by atoms with Crippen LogP contribution in [0.4, 0.5) is 0 Å². The van der Waals surface area contributed by atoms with Crippen LogP contribution in [0.1, 0.15) is 39.6 Å². The van der Waals surface area contributed by atoms with Crippen LogP contribution in [0.3, 0.4) is 0 Å². The minimum atomic E-state index is -1.02. The van der Waals surface area contributed by atoms with E-state index < -0.39 is 5.97 Å². The molecular formula is C16H19NO4S. The van der Waals surface area contributed by atoms with Gasteiger partial charge < -0.3 is 14.4 Å². The minimum absolute atomic E-state index is 0.0301. The van der Waals surface area contributed by atoms with E-state index in [0.29, 0.717) is 17.9 Å². The number of amides is 1. The maximum Gasteiger partial charge on any atom is 0.339 e. The van der Waals surface area contributed by atoms with Crippen LogP contribution in [0.15, 0.2) is 28.0 Å². The van der Waals surface area contributed by atoms with Crippen LogP contribution >= 0.6 is 11.3 Å². The molecule has 0 aliphatic heterocycles. The molecule has 22 heavy (non-hydrogen) atoms. The van der Waals surface area contributed by atoms with Gasteiger partial charge in [-0.1, -0.05) is 6.07 Å². The van der Waals surface area contributed by atoms with Crippen molar-refractivity contribution >= 4 is 23.2 Å². The third-order valence-electron chi connectivity index (χ3n) is 3.41. The second kappa shape index (κ2) is 7.26. The maximum absolute atomic E-state index is 12.1. The lowest BCUT2D eigenvalue weighted by atomic mass is 10.2. The van der Waals surface area contributed by atoms with Gasteiger partial charge in [0, 0.05) is 18.3 Å². The fraction of sp³-hybridized carbons (Fsp3) is 0.375. The Morgan fingerprint density at radius 2 is 2.18 bits per heavy atom. The zero-order valence-corrected chi connectivity index (χ0v) is 13.5. The van der Waals surface area contributed by atoms with Gasteiger partial charge in [0.25, 0.3) is 0 Å². The van der Waals surface area contributed by atoms with E-state index in [1.807, 2.05) is 11.4 Å². The van der Waals surface area contributed by atoms with Gasteiger partial charge in [-0.2, -0.15) is 0 Å². The SMILES string of the molecule is Cc1oc(CN(C)C(=O)CCCc2cccs2)cc1C(=O)O. The molecule has 0 bridgehead atoms. The molecule has 6 heteroatoms. The summed E-state index contributed by atoms with van der Waals surface area (Å²) < 4.78 is 5.39. The largest absolute Gasteiger partial charge is 0.478 e. The number of aryl methyl sites for hydroxylation is 2. The first-order valence-corrected chi connectivity index (χ1v) is 7.94.